The lowest BCUT2D eigenvalue weighted by Crippen LogP contribution is -2.55. The van der Waals surface area contributed by atoms with Crippen molar-refractivity contribution in [3.05, 3.63) is 28.0 Å². The van der Waals surface area contributed by atoms with Gasteiger partial charge in [0, 0.05) is 12.7 Å². The van der Waals surface area contributed by atoms with Crippen molar-refractivity contribution in [2.75, 3.05) is 19.8 Å². The predicted octanol–water partition coefficient (Wildman–Crippen LogP) is 2.72. The van der Waals surface area contributed by atoms with E-state index in [1.165, 1.54) is 12.3 Å². The fourth-order valence-electron chi connectivity index (χ4n) is 3.23. The van der Waals surface area contributed by atoms with Crippen LogP contribution in [0.2, 0.25) is 10.2 Å². The van der Waals surface area contributed by atoms with E-state index in [1.54, 1.807) is 4.90 Å². The molecule has 1 saturated heterocycles. The molecule has 1 aliphatic carbocycles. The molecular formula is C16H18Cl2N2O4. The monoisotopic (exact) mass is 372 g/mol. The van der Waals surface area contributed by atoms with Crippen molar-refractivity contribution in [2.45, 2.75) is 37.8 Å². The lowest BCUT2D eigenvalue weighted by atomic mass is 9.90. The Kier molecular flexibility index (Phi) is 5.58. The minimum Gasteiger partial charge on any atom is -0.452 e. The first-order chi connectivity index (χ1) is 11.6. The summed E-state index contributed by atoms with van der Waals surface area (Å²) < 4.78 is 10.8. The molecule has 0 bridgehead atoms. The first-order valence-corrected chi connectivity index (χ1v) is 8.71. The molecule has 0 spiro atoms. The molecule has 3 rings (SSSR count). The molecule has 0 N–H and O–H groups in total. The highest BCUT2D eigenvalue weighted by Crippen LogP contribution is 2.28. The minimum atomic E-state index is -0.650. The molecule has 2 atom stereocenters. The van der Waals surface area contributed by atoms with Gasteiger partial charge in [0.2, 0.25) is 0 Å². The van der Waals surface area contributed by atoms with E-state index in [9.17, 15) is 9.59 Å². The van der Waals surface area contributed by atoms with Crippen molar-refractivity contribution in [2.24, 2.45) is 0 Å². The summed E-state index contributed by atoms with van der Waals surface area (Å²) >= 11 is 11.5. The third kappa shape index (κ3) is 3.82. The third-order valence-electron chi connectivity index (χ3n) is 4.41. The summed E-state index contributed by atoms with van der Waals surface area (Å²) in [5, 5.41) is 0.275. The van der Waals surface area contributed by atoms with Crippen molar-refractivity contribution in [3.8, 4) is 0 Å². The summed E-state index contributed by atoms with van der Waals surface area (Å²) in [7, 11) is 0. The number of ether oxygens (including phenoxy) is 2. The number of esters is 1. The van der Waals surface area contributed by atoms with Gasteiger partial charge in [-0.05, 0) is 18.9 Å². The van der Waals surface area contributed by atoms with E-state index in [2.05, 4.69) is 4.98 Å². The van der Waals surface area contributed by atoms with E-state index in [4.69, 9.17) is 32.7 Å². The SMILES string of the molecule is O=C(OCC(=O)N1CCO[C@H]2CCCC[C@H]21)c1cnc(Cl)c(Cl)c1. The van der Waals surface area contributed by atoms with Gasteiger partial charge in [0.05, 0.1) is 29.3 Å². The molecule has 2 heterocycles. The van der Waals surface area contributed by atoms with Gasteiger partial charge in [0.1, 0.15) is 5.15 Å². The molecule has 0 unspecified atom stereocenters. The Morgan fingerprint density at radius 2 is 2.12 bits per heavy atom. The van der Waals surface area contributed by atoms with Gasteiger partial charge in [-0.1, -0.05) is 36.0 Å². The topological polar surface area (TPSA) is 68.7 Å². The molecule has 0 radical (unpaired) electrons. The number of rotatable bonds is 3. The van der Waals surface area contributed by atoms with Gasteiger partial charge in [-0.3, -0.25) is 4.79 Å². The standard InChI is InChI=1S/C16H18Cl2N2O4/c17-11-7-10(8-19-15(11)18)16(22)24-9-14(21)20-5-6-23-13-4-2-1-3-12(13)20/h7-8,12-13H,1-6,9H2/t12-,13+/m1/s1. The Morgan fingerprint density at radius 3 is 2.92 bits per heavy atom. The Morgan fingerprint density at radius 1 is 1.33 bits per heavy atom. The largest absolute Gasteiger partial charge is 0.452 e. The van der Waals surface area contributed by atoms with Gasteiger partial charge in [0.25, 0.3) is 5.91 Å². The van der Waals surface area contributed by atoms with Crippen LogP contribution in [0.1, 0.15) is 36.0 Å². The third-order valence-corrected chi connectivity index (χ3v) is 5.10. The van der Waals surface area contributed by atoms with Crippen molar-refractivity contribution in [1.82, 2.24) is 9.88 Å². The second kappa shape index (κ2) is 7.68. The van der Waals surface area contributed by atoms with Crippen LogP contribution in [0.15, 0.2) is 12.3 Å². The molecule has 1 saturated carbocycles. The average molecular weight is 373 g/mol. The molecule has 130 valence electrons. The molecule has 2 fully saturated rings. The maximum absolute atomic E-state index is 12.4. The van der Waals surface area contributed by atoms with E-state index in [0.29, 0.717) is 13.2 Å². The number of pyridine rings is 1. The van der Waals surface area contributed by atoms with Crippen LogP contribution in [-0.4, -0.2) is 53.7 Å². The maximum atomic E-state index is 12.4. The molecule has 8 heteroatoms. The summed E-state index contributed by atoms with van der Waals surface area (Å²) in [5.41, 5.74) is 0.162. The number of carbonyl (C=O) groups is 2. The highest BCUT2D eigenvalue weighted by Gasteiger charge is 2.36. The van der Waals surface area contributed by atoms with E-state index in [1.807, 2.05) is 0 Å². The van der Waals surface area contributed by atoms with Gasteiger partial charge in [-0.15, -0.1) is 0 Å². The van der Waals surface area contributed by atoms with Crippen LogP contribution in [0.25, 0.3) is 0 Å². The zero-order chi connectivity index (χ0) is 17.1. The lowest BCUT2D eigenvalue weighted by Gasteiger charge is -2.43. The van der Waals surface area contributed by atoms with Crippen LogP contribution in [0, 0.1) is 0 Å². The summed E-state index contributed by atoms with van der Waals surface area (Å²) in [4.78, 5) is 30.0. The molecule has 1 aliphatic heterocycles. The van der Waals surface area contributed by atoms with E-state index >= 15 is 0 Å². The Hall–Kier alpha value is -1.37. The number of fused-ring (bicyclic) bond motifs is 1. The van der Waals surface area contributed by atoms with E-state index < -0.39 is 5.97 Å². The molecule has 1 aromatic rings. The van der Waals surface area contributed by atoms with E-state index in [0.717, 1.165) is 25.7 Å². The number of hydrogen-bond donors (Lipinski definition) is 0. The van der Waals surface area contributed by atoms with Crippen LogP contribution < -0.4 is 0 Å². The quantitative estimate of drug-likeness (QED) is 0.602. The molecule has 2 aliphatic rings. The summed E-state index contributed by atoms with van der Waals surface area (Å²) in [6.07, 6.45) is 5.49. The number of morpholine rings is 1. The van der Waals surface area contributed by atoms with Crippen molar-refractivity contribution < 1.29 is 19.1 Å². The number of halogens is 2. The van der Waals surface area contributed by atoms with Crippen LogP contribution >= 0.6 is 23.2 Å². The molecule has 1 aromatic heterocycles. The zero-order valence-corrected chi connectivity index (χ0v) is 14.6. The predicted molar refractivity (Wildman–Crippen MR) is 88.2 cm³/mol. The highest BCUT2D eigenvalue weighted by molar-refractivity contribution is 6.41. The molecular weight excluding hydrogens is 355 g/mol. The smallest absolute Gasteiger partial charge is 0.340 e. The van der Waals surface area contributed by atoms with Crippen molar-refractivity contribution in [1.29, 1.82) is 0 Å². The Bertz CT molecular complexity index is 639. The minimum absolute atomic E-state index is 0.0883. The normalized spacial score (nSPS) is 23.5. The van der Waals surface area contributed by atoms with Crippen molar-refractivity contribution >= 4 is 35.1 Å². The van der Waals surface area contributed by atoms with Gasteiger partial charge in [0.15, 0.2) is 6.61 Å². The summed E-state index contributed by atoms with van der Waals surface area (Å²) in [6, 6.07) is 1.46. The first-order valence-electron chi connectivity index (χ1n) is 7.95. The van der Waals surface area contributed by atoms with Crippen LogP contribution in [0.3, 0.4) is 0 Å². The summed E-state index contributed by atoms with van der Waals surface area (Å²) in [6.45, 7) is 0.756. The van der Waals surface area contributed by atoms with Crippen LogP contribution in [0.4, 0.5) is 0 Å². The second-order valence-electron chi connectivity index (χ2n) is 5.92. The van der Waals surface area contributed by atoms with Gasteiger partial charge < -0.3 is 14.4 Å². The molecule has 1 amide bonds. The van der Waals surface area contributed by atoms with Crippen LogP contribution in [0.5, 0.6) is 0 Å². The van der Waals surface area contributed by atoms with Crippen molar-refractivity contribution in [3.63, 3.8) is 0 Å². The number of hydrogen-bond acceptors (Lipinski definition) is 5. The molecule has 0 aromatic carbocycles. The number of aromatic nitrogens is 1. The average Bonchev–Trinajstić information content (AvgIpc) is 2.61. The Labute approximate surface area is 150 Å². The first kappa shape index (κ1) is 17.5. The number of nitrogens with zero attached hydrogens (tertiary/aromatic N) is 2. The van der Waals surface area contributed by atoms with Gasteiger partial charge in [-0.25, -0.2) is 9.78 Å². The Balaban J connectivity index is 1.58. The summed E-state index contributed by atoms with van der Waals surface area (Å²) in [5.74, 6) is -0.848. The fraction of sp³-hybridized carbons (Fsp3) is 0.562. The molecule has 24 heavy (non-hydrogen) atoms. The van der Waals surface area contributed by atoms with Gasteiger partial charge in [-0.2, -0.15) is 0 Å². The second-order valence-corrected chi connectivity index (χ2v) is 6.69. The number of carbonyl (C=O) groups excluding carboxylic acids is 2. The lowest BCUT2D eigenvalue weighted by molar-refractivity contribution is -0.152. The number of amides is 1. The maximum Gasteiger partial charge on any atom is 0.340 e. The molecule has 6 nitrogen and oxygen atoms in total. The van der Waals surface area contributed by atoms with Crippen LogP contribution in [-0.2, 0) is 14.3 Å². The van der Waals surface area contributed by atoms with Gasteiger partial charge >= 0.3 is 5.97 Å². The highest BCUT2D eigenvalue weighted by atomic mass is 35.5. The fourth-order valence-corrected chi connectivity index (χ4v) is 3.50. The zero-order valence-electron chi connectivity index (χ0n) is 13.0. The van der Waals surface area contributed by atoms with E-state index in [-0.39, 0.29) is 40.4 Å².